The number of nitro benzene ring substituents is 1. The van der Waals surface area contributed by atoms with Crippen molar-refractivity contribution in [2.45, 2.75) is 13.3 Å². The number of nitrogens with one attached hydrogen (secondary N) is 2. The molecule has 0 bridgehead atoms. The minimum Gasteiger partial charge on any atom is -0.497 e. The number of anilines is 1. The van der Waals surface area contributed by atoms with Crippen molar-refractivity contribution in [2.24, 2.45) is 5.10 Å². The fourth-order valence-corrected chi connectivity index (χ4v) is 2.81. The molecule has 3 aromatic rings. The van der Waals surface area contributed by atoms with Crippen molar-refractivity contribution < 1.29 is 19.1 Å². The van der Waals surface area contributed by atoms with E-state index in [1.807, 2.05) is 6.92 Å². The third kappa shape index (κ3) is 5.61. The largest absolute Gasteiger partial charge is 0.497 e. The maximum atomic E-state index is 12.4. The van der Waals surface area contributed by atoms with Gasteiger partial charge in [0.05, 0.1) is 32.0 Å². The number of hydrogen-bond acceptors (Lipinski definition) is 10. The summed E-state index contributed by atoms with van der Waals surface area (Å²) < 4.78 is 15.8. The number of hydrazone groups is 1. The van der Waals surface area contributed by atoms with Crippen LogP contribution in [0.1, 0.15) is 18.9 Å². The normalized spacial score (nSPS) is 10.8. The summed E-state index contributed by atoms with van der Waals surface area (Å²) in [5.74, 6) is 0.908. The smallest absolute Gasteiger partial charge is 0.315 e. The van der Waals surface area contributed by atoms with Crippen molar-refractivity contribution >= 4 is 17.9 Å². The lowest BCUT2D eigenvalue weighted by molar-refractivity contribution is -0.386. The van der Waals surface area contributed by atoms with Crippen LogP contribution in [0.3, 0.4) is 0 Å². The quantitative estimate of drug-likeness (QED) is 0.267. The molecule has 33 heavy (non-hydrogen) atoms. The van der Waals surface area contributed by atoms with Gasteiger partial charge in [-0.3, -0.25) is 19.9 Å². The third-order valence-electron chi connectivity index (χ3n) is 4.37. The number of ether oxygens (including phenoxy) is 3. The molecule has 2 N–H and O–H groups in total. The molecule has 172 valence electrons. The average Bonchev–Trinajstić information content (AvgIpc) is 2.82. The minimum absolute atomic E-state index is 0.00197. The number of H-pyrrole nitrogens is 1. The molecule has 0 aliphatic heterocycles. The number of benzene rings is 2. The van der Waals surface area contributed by atoms with E-state index in [2.05, 4.69) is 25.7 Å². The van der Waals surface area contributed by atoms with Crippen molar-refractivity contribution in [1.82, 2.24) is 15.2 Å². The number of nitrogens with zero attached hydrogens (tertiary/aromatic N) is 4. The third-order valence-corrected chi connectivity index (χ3v) is 4.37. The molecule has 0 saturated heterocycles. The molecular weight excluding hydrogens is 432 g/mol. The van der Waals surface area contributed by atoms with E-state index in [0.717, 1.165) is 0 Å². The van der Waals surface area contributed by atoms with E-state index in [-0.39, 0.29) is 28.8 Å². The molecule has 1 aromatic heterocycles. The molecule has 0 unspecified atom stereocenters. The Labute approximate surface area is 188 Å². The number of methoxy groups -OCH3 is 2. The molecule has 0 fully saturated rings. The highest BCUT2D eigenvalue weighted by molar-refractivity contribution is 5.83. The Balaban J connectivity index is 1.79. The molecule has 3 rings (SSSR count). The van der Waals surface area contributed by atoms with Gasteiger partial charge in [0, 0.05) is 17.2 Å². The van der Waals surface area contributed by atoms with Crippen LogP contribution >= 0.6 is 0 Å². The van der Waals surface area contributed by atoms with Crippen LogP contribution in [0.4, 0.5) is 11.6 Å². The summed E-state index contributed by atoms with van der Waals surface area (Å²) in [4.78, 5) is 25.8. The van der Waals surface area contributed by atoms with Gasteiger partial charge in [-0.2, -0.15) is 5.10 Å². The fourth-order valence-electron chi connectivity index (χ4n) is 2.81. The standard InChI is InChI=1S/C21H22N6O6/c1-4-9-33-19-16(27(29)30)10-13(11-17(19)32-3)12-22-25-21-23-20(28)18(24-26-21)14-5-7-15(31-2)8-6-14/h5-8,10-12H,4,9H2,1-3H3,(H2,23,25,26,28)/b22-12+. The number of hydrogen-bond donors (Lipinski definition) is 2. The Hall–Kier alpha value is -4.48. The van der Waals surface area contributed by atoms with Crippen LogP contribution in [0.5, 0.6) is 17.2 Å². The first-order chi connectivity index (χ1) is 16.0. The molecule has 0 spiro atoms. The second-order valence-electron chi connectivity index (χ2n) is 6.63. The highest BCUT2D eigenvalue weighted by Gasteiger charge is 2.22. The van der Waals surface area contributed by atoms with Crippen LogP contribution in [-0.2, 0) is 0 Å². The van der Waals surface area contributed by atoms with Crippen LogP contribution in [0.2, 0.25) is 0 Å². The molecule has 0 amide bonds. The topological polar surface area (TPSA) is 154 Å². The predicted molar refractivity (Wildman–Crippen MR) is 121 cm³/mol. The highest BCUT2D eigenvalue weighted by atomic mass is 16.6. The maximum absolute atomic E-state index is 12.4. The number of nitro groups is 1. The van der Waals surface area contributed by atoms with Gasteiger partial charge in [-0.1, -0.05) is 6.92 Å². The lowest BCUT2D eigenvalue weighted by atomic mass is 10.1. The van der Waals surface area contributed by atoms with Crippen LogP contribution in [0.15, 0.2) is 46.3 Å². The molecule has 0 atom stereocenters. The van der Waals surface area contributed by atoms with E-state index in [1.54, 1.807) is 37.4 Å². The summed E-state index contributed by atoms with van der Waals surface area (Å²) in [6.07, 6.45) is 2.00. The predicted octanol–water partition coefficient (Wildman–Crippen LogP) is 2.99. The summed E-state index contributed by atoms with van der Waals surface area (Å²) >= 11 is 0. The Bertz CT molecular complexity index is 1210. The average molecular weight is 454 g/mol. The van der Waals surface area contributed by atoms with Crippen molar-refractivity contribution in [3.63, 3.8) is 0 Å². The Morgan fingerprint density at radius 3 is 2.55 bits per heavy atom. The molecule has 12 nitrogen and oxygen atoms in total. The first kappa shape index (κ1) is 23.2. The van der Waals surface area contributed by atoms with Gasteiger partial charge in [0.25, 0.3) is 5.56 Å². The number of aromatic nitrogens is 3. The lowest BCUT2D eigenvalue weighted by Crippen LogP contribution is -2.15. The van der Waals surface area contributed by atoms with Gasteiger partial charge in [0.2, 0.25) is 11.7 Å². The Morgan fingerprint density at radius 1 is 1.18 bits per heavy atom. The Kier molecular flexibility index (Phi) is 7.52. The van der Waals surface area contributed by atoms with Gasteiger partial charge in [0.15, 0.2) is 11.4 Å². The summed E-state index contributed by atoms with van der Waals surface area (Å²) in [6.45, 7) is 2.20. The molecule has 1 heterocycles. The molecule has 12 heteroatoms. The molecule has 0 saturated carbocycles. The zero-order valence-corrected chi connectivity index (χ0v) is 18.2. The highest BCUT2D eigenvalue weighted by Crippen LogP contribution is 2.38. The van der Waals surface area contributed by atoms with Gasteiger partial charge in [-0.15, -0.1) is 10.2 Å². The summed E-state index contributed by atoms with van der Waals surface area (Å²) in [5.41, 5.74) is 2.91. The van der Waals surface area contributed by atoms with E-state index in [4.69, 9.17) is 14.2 Å². The van der Waals surface area contributed by atoms with Crippen LogP contribution in [0, 0.1) is 10.1 Å². The zero-order chi connectivity index (χ0) is 23.8. The van der Waals surface area contributed by atoms with E-state index in [1.165, 1.54) is 19.4 Å². The van der Waals surface area contributed by atoms with Crippen molar-refractivity contribution in [3.05, 3.63) is 62.4 Å². The summed E-state index contributed by atoms with van der Waals surface area (Å²) in [7, 11) is 2.94. The van der Waals surface area contributed by atoms with E-state index < -0.39 is 10.5 Å². The van der Waals surface area contributed by atoms with Gasteiger partial charge in [-0.05, 0) is 36.8 Å². The van der Waals surface area contributed by atoms with Crippen molar-refractivity contribution in [3.8, 4) is 28.5 Å². The molecule has 0 aliphatic carbocycles. The van der Waals surface area contributed by atoms with Crippen molar-refractivity contribution in [1.29, 1.82) is 0 Å². The van der Waals surface area contributed by atoms with Gasteiger partial charge < -0.3 is 14.2 Å². The molecular formula is C21H22N6O6. The Morgan fingerprint density at radius 2 is 1.94 bits per heavy atom. The zero-order valence-electron chi connectivity index (χ0n) is 18.2. The monoisotopic (exact) mass is 454 g/mol. The molecule has 0 aliphatic rings. The second kappa shape index (κ2) is 10.7. The first-order valence-electron chi connectivity index (χ1n) is 9.86. The van der Waals surface area contributed by atoms with Crippen molar-refractivity contribution in [2.75, 3.05) is 26.3 Å². The van der Waals surface area contributed by atoms with Crippen LogP contribution < -0.4 is 25.2 Å². The lowest BCUT2D eigenvalue weighted by Gasteiger charge is -2.11. The van der Waals surface area contributed by atoms with Crippen LogP contribution in [0.25, 0.3) is 11.3 Å². The first-order valence-corrected chi connectivity index (χ1v) is 9.86. The van der Waals surface area contributed by atoms with E-state index in [9.17, 15) is 14.9 Å². The minimum atomic E-state index is -0.556. The van der Waals surface area contributed by atoms with E-state index in [0.29, 0.717) is 29.9 Å². The summed E-state index contributed by atoms with van der Waals surface area (Å²) in [6, 6.07) is 9.65. The fraction of sp³-hybridized carbons (Fsp3) is 0.238. The van der Waals surface area contributed by atoms with Gasteiger partial charge in [0.1, 0.15) is 5.75 Å². The molecule has 2 aromatic carbocycles. The second-order valence-corrected chi connectivity index (χ2v) is 6.63. The SMILES string of the molecule is CCCOc1c(OC)cc(/C=N/Nc2nnc(-c3ccc(OC)cc3)c(=O)[nH]2)cc1[N+](=O)[O-]. The maximum Gasteiger partial charge on any atom is 0.315 e. The summed E-state index contributed by atoms with van der Waals surface area (Å²) in [5, 5.41) is 23.3. The van der Waals surface area contributed by atoms with E-state index >= 15 is 0 Å². The van der Waals surface area contributed by atoms with Crippen LogP contribution in [-0.4, -0.2) is 47.1 Å². The number of aromatic amines is 1. The van der Waals surface area contributed by atoms with Gasteiger partial charge in [-0.25, -0.2) is 5.43 Å². The number of rotatable bonds is 10. The molecule has 0 radical (unpaired) electrons. The van der Waals surface area contributed by atoms with Gasteiger partial charge >= 0.3 is 5.69 Å².